The molecular formula is C12H22O2. The molecule has 0 aromatic rings. The van der Waals surface area contributed by atoms with Crippen LogP contribution in [-0.2, 0) is 4.79 Å². The minimum Gasteiger partial charge on any atom is -0.385 e. The predicted octanol–water partition coefficient (Wildman–Crippen LogP) is 2.40. The third-order valence-electron chi connectivity index (χ3n) is 3.26. The molecule has 1 rings (SSSR count). The molecule has 0 aromatic heterocycles. The second kappa shape index (κ2) is 4.92. The van der Waals surface area contributed by atoms with Crippen molar-refractivity contribution in [3.8, 4) is 0 Å². The van der Waals surface area contributed by atoms with Crippen molar-refractivity contribution in [3.05, 3.63) is 0 Å². The van der Waals surface area contributed by atoms with Gasteiger partial charge in [0.1, 0.15) is 6.10 Å². The van der Waals surface area contributed by atoms with E-state index in [-0.39, 0.29) is 17.6 Å². The van der Waals surface area contributed by atoms with Crippen LogP contribution in [0.1, 0.15) is 46.5 Å². The Bertz CT molecular complexity index is 198. The summed E-state index contributed by atoms with van der Waals surface area (Å²) in [4.78, 5) is 11.8. The first-order valence-corrected chi connectivity index (χ1v) is 5.74. The highest BCUT2D eigenvalue weighted by molar-refractivity contribution is 5.85. The third-order valence-corrected chi connectivity index (χ3v) is 3.26. The Balaban J connectivity index is 2.51. The molecule has 0 spiro atoms. The van der Waals surface area contributed by atoms with E-state index in [1.165, 1.54) is 6.42 Å². The number of hydrogen-bond acceptors (Lipinski definition) is 2. The molecule has 1 saturated carbocycles. The molecule has 1 aliphatic rings. The van der Waals surface area contributed by atoms with Gasteiger partial charge in [0, 0.05) is 5.92 Å². The molecule has 1 aliphatic carbocycles. The summed E-state index contributed by atoms with van der Waals surface area (Å²) in [6, 6.07) is 0. The van der Waals surface area contributed by atoms with Crippen molar-refractivity contribution in [3.63, 3.8) is 0 Å². The smallest absolute Gasteiger partial charge is 0.164 e. The lowest BCUT2D eigenvalue weighted by Crippen LogP contribution is -2.34. The molecule has 1 fully saturated rings. The maximum Gasteiger partial charge on any atom is 0.164 e. The molecular weight excluding hydrogens is 176 g/mol. The van der Waals surface area contributed by atoms with E-state index in [4.69, 9.17) is 0 Å². The molecule has 0 radical (unpaired) electrons. The first kappa shape index (κ1) is 11.7. The molecule has 14 heavy (non-hydrogen) atoms. The Morgan fingerprint density at radius 3 is 2.50 bits per heavy atom. The molecule has 2 nitrogen and oxygen atoms in total. The summed E-state index contributed by atoms with van der Waals surface area (Å²) in [5, 5.41) is 9.68. The number of rotatable bonds is 3. The van der Waals surface area contributed by atoms with Gasteiger partial charge in [-0.3, -0.25) is 4.79 Å². The van der Waals surface area contributed by atoms with Crippen molar-refractivity contribution in [2.24, 2.45) is 17.8 Å². The van der Waals surface area contributed by atoms with E-state index in [1.807, 2.05) is 13.8 Å². The zero-order valence-corrected chi connectivity index (χ0v) is 9.49. The van der Waals surface area contributed by atoms with Crippen molar-refractivity contribution >= 4 is 5.78 Å². The summed E-state index contributed by atoms with van der Waals surface area (Å²) in [5.74, 6) is 0.902. The lowest BCUT2D eigenvalue weighted by molar-refractivity contribution is -0.134. The van der Waals surface area contributed by atoms with Crippen LogP contribution in [0.15, 0.2) is 0 Å². The normalized spacial score (nSPS) is 30.4. The van der Waals surface area contributed by atoms with Crippen LogP contribution in [0.3, 0.4) is 0 Å². The number of ketones is 1. The fourth-order valence-electron chi connectivity index (χ4n) is 2.26. The van der Waals surface area contributed by atoms with E-state index in [0.717, 1.165) is 19.3 Å². The molecule has 0 aliphatic heterocycles. The first-order valence-electron chi connectivity index (χ1n) is 5.74. The van der Waals surface area contributed by atoms with Gasteiger partial charge >= 0.3 is 0 Å². The fraction of sp³-hybridized carbons (Fsp3) is 0.917. The molecule has 82 valence electrons. The van der Waals surface area contributed by atoms with Crippen molar-refractivity contribution in [1.82, 2.24) is 0 Å². The van der Waals surface area contributed by atoms with Crippen LogP contribution < -0.4 is 0 Å². The largest absolute Gasteiger partial charge is 0.385 e. The molecule has 0 heterocycles. The quantitative estimate of drug-likeness (QED) is 0.756. The number of carbonyl (C=O) groups excluding carboxylic acids is 1. The molecule has 3 unspecified atom stereocenters. The Kier molecular flexibility index (Phi) is 4.11. The number of aliphatic hydroxyl groups excluding tert-OH is 1. The van der Waals surface area contributed by atoms with Gasteiger partial charge in [0.15, 0.2) is 5.78 Å². The minimum absolute atomic E-state index is 0.0553. The van der Waals surface area contributed by atoms with Crippen molar-refractivity contribution in [2.45, 2.75) is 52.6 Å². The SMILES string of the molecule is CC1CCCC(C(=O)C(O)C(C)C)C1. The maximum absolute atomic E-state index is 11.8. The van der Waals surface area contributed by atoms with E-state index in [1.54, 1.807) is 0 Å². The van der Waals surface area contributed by atoms with Gasteiger partial charge in [-0.25, -0.2) is 0 Å². The second-order valence-corrected chi connectivity index (χ2v) is 5.06. The average molecular weight is 198 g/mol. The second-order valence-electron chi connectivity index (χ2n) is 5.06. The number of hydrogen-bond donors (Lipinski definition) is 1. The van der Waals surface area contributed by atoms with E-state index in [0.29, 0.717) is 5.92 Å². The van der Waals surface area contributed by atoms with Gasteiger partial charge in [0.2, 0.25) is 0 Å². The molecule has 0 saturated heterocycles. The molecule has 0 aromatic carbocycles. The summed E-state index contributed by atoms with van der Waals surface area (Å²) >= 11 is 0. The Morgan fingerprint density at radius 1 is 1.36 bits per heavy atom. The van der Waals surface area contributed by atoms with Crippen LogP contribution in [0.25, 0.3) is 0 Å². The number of aliphatic hydroxyl groups is 1. The van der Waals surface area contributed by atoms with Crippen molar-refractivity contribution < 1.29 is 9.90 Å². The van der Waals surface area contributed by atoms with Gasteiger partial charge in [0.25, 0.3) is 0 Å². The average Bonchev–Trinajstić information content (AvgIpc) is 2.15. The highest BCUT2D eigenvalue weighted by Crippen LogP contribution is 2.30. The molecule has 2 heteroatoms. The highest BCUT2D eigenvalue weighted by Gasteiger charge is 2.30. The Hall–Kier alpha value is -0.370. The summed E-state index contributed by atoms with van der Waals surface area (Å²) in [5.41, 5.74) is 0. The Labute approximate surface area is 86.7 Å². The van der Waals surface area contributed by atoms with Crippen LogP contribution in [0, 0.1) is 17.8 Å². The topological polar surface area (TPSA) is 37.3 Å². The molecule has 1 N–H and O–H groups in total. The summed E-state index contributed by atoms with van der Waals surface area (Å²) < 4.78 is 0. The van der Waals surface area contributed by atoms with Crippen molar-refractivity contribution in [1.29, 1.82) is 0 Å². The van der Waals surface area contributed by atoms with E-state index in [9.17, 15) is 9.90 Å². The van der Waals surface area contributed by atoms with Crippen molar-refractivity contribution in [2.75, 3.05) is 0 Å². The molecule has 0 bridgehead atoms. The predicted molar refractivity (Wildman–Crippen MR) is 57.0 cm³/mol. The summed E-state index contributed by atoms with van der Waals surface area (Å²) in [7, 11) is 0. The van der Waals surface area contributed by atoms with Gasteiger partial charge in [-0.05, 0) is 24.7 Å². The zero-order valence-electron chi connectivity index (χ0n) is 9.49. The van der Waals surface area contributed by atoms with Gasteiger partial charge in [-0.2, -0.15) is 0 Å². The monoisotopic (exact) mass is 198 g/mol. The van der Waals surface area contributed by atoms with Crippen LogP contribution in [-0.4, -0.2) is 17.0 Å². The van der Waals surface area contributed by atoms with Crippen LogP contribution in [0.2, 0.25) is 0 Å². The van der Waals surface area contributed by atoms with Gasteiger partial charge in [-0.15, -0.1) is 0 Å². The molecule has 0 amide bonds. The van der Waals surface area contributed by atoms with Gasteiger partial charge in [0.05, 0.1) is 0 Å². The maximum atomic E-state index is 11.8. The van der Waals surface area contributed by atoms with Crippen LogP contribution in [0.5, 0.6) is 0 Å². The zero-order chi connectivity index (χ0) is 10.7. The minimum atomic E-state index is -0.745. The summed E-state index contributed by atoms with van der Waals surface area (Å²) in [6.45, 7) is 5.99. The van der Waals surface area contributed by atoms with Crippen LogP contribution >= 0.6 is 0 Å². The molecule has 3 atom stereocenters. The lowest BCUT2D eigenvalue weighted by Gasteiger charge is -2.28. The fourth-order valence-corrected chi connectivity index (χ4v) is 2.26. The van der Waals surface area contributed by atoms with Crippen LogP contribution in [0.4, 0.5) is 0 Å². The van der Waals surface area contributed by atoms with E-state index >= 15 is 0 Å². The highest BCUT2D eigenvalue weighted by atomic mass is 16.3. The number of Topliss-reactive ketones (excluding diaryl/α,β-unsaturated/α-hetero) is 1. The lowest BCUT2D eigenvalue weighted by atomic mass is 9.78. The Morgan fingerprint density at radius 2 is 2.00 bits per heavy atom. The number of carbonyl (C=O) groups is 1. The standard InChI is InChI=1S/C12H22O2/c1-8(2)11(13)12(14)10-6-4-5-9(3)7-10/h8-11,13H,4-7H2,1-3H3. The van der Waals surface area contributed by atoms with Gasteiger partial charge in [-0.1, -0.05) is 33.6 Å². The van der Waals surface area contributed by atoms with Gasteiger partial charge < -0.3 is 5.11 Å². The first-order chi connectivity index (χ1) is 6.52. The summed E-state index contributed by atoms with van der Waals surface area (Å²) in [6.07, 6.45) is 3.59. The van der Waals surface area contributed by atoms with E-state index in [2.05, 4.69) is 6.92 Å². The van der Waals surface area contributed by atoms with E-state index < -0.39 is 6.10 Å². The third kappa shape index (κ3) is 2.81.